The van der Waals surface area contributed by atoms with Gasteiger partial charge in [-0.25, -0.2) is 9.59 Å². The van der Waals surface area contributed by atoms with E-state index in [0.717, 1.165) is 5.56 Å². The molecule has 2 saturated heterocycles. The first-order valence-electron chi connectivity index (χ1n) is 13.5. The van der Waals surface area contributed by atoms with Crippen LogP contribution in [0.5, 0.6) is 0 Å². The lowest BCUT2D eigenvalue weighted by Gasteiger charge is -2.33. The fourth-order valence-corrected chi connectivity index (χ4v) is 4.81. The van der Waals surface area contributed by atoms with Gasteiger partial charge in [0, 0.05) is 31.2 Å². The molecule has 2 aliphatic heterocycles. The van der Waals surface area contributed by atoms with Crippen molar-refractivity contribution in [2.24, 2.45) is 11.7 Å². The average Bonchev–Trinajstić information content (AvgIpc) is 3.57. The zero-order chi connectivity index (χ0) is 27.8. The molecule has 0 bridgehead atoms. The van der Waals surface area contributed by atoms with E-state index in [2.05, 4.69) is 5.32 Å². The Morgan fingerprint density at radius 2 is 1.79 bits per heavy atom. The van der Waals surface area contributed by atoms with Gasteiger partial charge in [0.1, 0.15) is 6.10 Å². The molecular weight excluding hydrogens is 500 g/mol. The fourth-order valence-electron chi connectivity index (χ4n) is 4.81. The highest BCUT2D eigenvalue weighted by molar-refractivity contribution is 5.95. The minimum Gasteiger partial charge on any atom is -0.444 e. The maximum atomic E-state index is 13.6. The smallest absolute Gasteiger partial charge is 0.415 e. The number of nitrogens with two attached hydrogens (primary N) is 1. The van der Waals surface area contributed by atoms with Crippen molar-refractivity contribution in [2.75, 3.05) is 37.7 Å². The quantitative estimate of drug-likeness (QED) is 0.451. The Hall–Kier alpha value is -3.63. The third-order valence-corrected chi connectivity index (χ3v) is 6.76. The molecule has 0 aromatic heterocycles. The molecule has 0 aliphatic carbocycles. The summed E-state index contributed by atoms with van der Waals surface area (Å²) in [5.41, 5.74) is 8.34. The molecule has 3 N–H and O–H groups in total. The number of para-hydroxylation sites is 1. The third-order valence-electron chi connectivity index (χ3n) is 6.76. The van der Waals surface area contributed by atoms with Gasteiger partial charge in [-0.3, -0.25) is 9.69 Å². The second-order valence-electron chi connectivity index (χ2n) is 10.5. The van der Waals surface area contributed by atoms with E-state index in [9.17, 15) is 14.4 Å². The molecule has 39 heavy (non-hydrogen) atoms. The van der Waals surface area contributed by atoms with Gasteiger partial charge in [-0.05, 0) is 30.0 Å². The van der Waals surface area contributed by atoms with Crippen molar-refractivity contribution in [2.45, 2.75) is 51.0 Å². The van der Waals surface area contributed by atoms with E-state index >= 15 is 0 Å². The highest BCUT2D eigenvalue weighted by atomic mass is 16.6. The predicted molar refractivity (Wildman–Crippen MR) is 146 cm³/mol. The van der Waals surface area contributed by atoms with Crippen LogP contribution in [0.25, 0.3) is 0 Å². The third kappa shape index (κ3) is 7.93. The van der Waals surface area contributed by atoms with E-state index < -0.39 is 30.4 Å². The summed E-state index contributed by atoms with van der Waals surface area (Å²) in [7, 11) is 0. The van der Waals surface area contributed by atoms with Crippen LogP contribution in [0.2, 0.25) is 0 Å². The van der Waals surface area contributed by atoms with E-state index in [1.807, 2.05) is 62.4 Å². The molecule has 2 aromatic rings. The van der Waals surface area contributed by atoms with Gasteiger partial charge in [-0.1, -0.05) is 62.4 Å². The van der Waals surface area contributed by atoms with Crippen molar-refractivity contribution < 1.29 is 28.6 Å². The number of nitrogens with one attached hydrogen (secondary N) is 1. The van der Waals surface area contributed by atoms with E-state index in [-0.39, 0.29) is 31.0 Å². The lowest BCUT2D eigenvalue weighted by atomic mass is 9.99. The number of ether oxygens (including phenoxy) is 3. The van der Waals surface area contributed by atoms with Gasteiger partial charge >= 0.3 is 12.2 Å². The summed E-state index contributed by atoms with van der Waals surface area (Å²) in [5.74, 6) is -0.161. The van der Waals surface area contributed by atoms with Crippen LogP contribution in [0.1, 0.15) is 25.8 Å². The Morgan fingerprint density at radius 1 is 1.10 bits per heavy atom. The Balaban J connectivity index is 1.46. The maximum absolute atomic E-state index is 13.6. The van der Waals surface area contributed by atoms with Crippen LogP contribution in [0.4, 0.5) is 15.3 Å². The molecule has 10 nitrogen and oxygen atoms in total. The van der Waals surface area contributed by atoms with Gasteiger partial charge in [0.05, 0.1) is 25.8 Å². The SMILES string of the molecule is CC(C)CN(CC(N)C(Cc1ccccc1)NC(=O)OC1CCOC1)C(=O)C1CN(c2ccccc2)C(=O)O1. The Bertz CT molecular complexity index is 1090. The number of hydrogen-bond acceptors (Lipinski definition) is 7. The predicted octanol–water partition coefficient (Wildman–Crippen LogP) is 2.95. The van der Waals surface area contributed by atoms with Crippen LogP contribution in [-0.2, 0) is 25.4 Å². The van der Waals surface area contributed by atoms with E-state index in [1.165, 1.54) is 4.90 Å². The van der Waals surface area contributed by atoms with Crippen molar-refractivity contribution in [1.29, 1.82) is 0 Å². The first kappa shape index (κ1) is 28.4. The number of rotatable bonds is 11. The first-order valence-corrected chi connectivity index (χ1v) is 13.5. The summed E-state index contributed by atoms with van der Waals surface area (Å²) >= 11 is 0. The summed E-state index contributed by atoms with van der Waals surface area (Å²) in [6.07, 6.45) is -1.25. The Kier molecular flexibility index (Phi) is 9.78. The number of anilines is 1. The zero-order valence-electron chi connectivity index (χ0n) is 22.5. The highest BCUT2D eigenvalue weighted by Crippen LogP contribution is 2.23. The molecule has 2 heterocycles. The molecule has 4 unspecified atom stereocenters. The number of carbonyl (C=O) groups excluding carboxylic acids is 3. The Morgan fingerprint density at radius 3 is 2.44 bits per heavy atom. The van der Waals surface area contributed by atoms with Crippen LogP contribution >= 0.6 is 0 Å². The van der Waals surface area contributed by atoms with Crippen LogP contribution in [0.3, 0.4) is 0 Å². The topological polar surface area (TPSA) is 123 Å². The van der Waals surface area contributed by atoms with Crippen LogP contribution < -0.4 is 16.0 Å². The van der Waals surface area contributed by atoms with Gasteiger partial charge in [-0.2, -0.15) is 0 Å². The summed E-state index contributed by atoms with van der Waals surface area (Å²) in [6, 6.07) is 17.7. The summed E-state index contributed by atoms with van der Waals surface area (Å²) in [6.45, 7) is 5.65. The highest BCUT2D eigenvalue weighted by Gasteiger charge is 2.40. The normalized spacial score (nSPS) is 20.4. The van der Waals surface area contributed by atoms with Crippen molar-refractivity contribution in [3.05, 3.63) is 66.2 Å². The van der Waals surface area contributed by atoms with E-state index in [1.54, 1.807) is 17.0 Å². The number of hydrogen-bond donors (Lipinski definition) is 2. The number of nitrogens with zero attached hydrogens (tertiary/aromatic N) is 2. The molecule has 2 fully saturated rings. The molecule has 4 atom stereocenters. The molecule has 0 saturated carbocycles. The lowest BCUT2D eigenvalue weighted by Crippen LogP contribution is -2.56. The Labute approximate surface area is 229 Å². The lowest BCUT2D eigenvalue weighted by molar-refractivity contribution is -0.139. The maximum Gasteiger partial charge on any atom is 0.415 e. The number of amides is 3. The minimum atomic E-state index is -0.948. The number of cyclic esters (lactones) is 1. The molecule has 0 spiro atoms. The summed E-state index contributed by atoms with van der Waals surface area (Å²) in [5, 5.41) is 2.92. The zero-order valence-corrected chi connectivity index (χ0v) is 22.5. The number of benzene rings is 2. The van der Waals surface area contributed by atoms with Crippen molar-refractivity contribution in [1.82, 2.24) is 10.2 Å². The second kappa shape index (κ2) is 13.4. The standard InChI is InChI=1S/C29H38N4O6/c1-20(2)16-32(27(34)26-18-33(29(36)39-26)22-11-7-4-8-12-22)17-24(30)25(15-21-9-5-3-6-10-21)31-28(35)38-23-13-14-37-19-23/h3-12,20,23-26H,13-19,30H2,1-2H3,(H,31,35). The molecule has 10 heteroatoms. The monoisotopic (exact) mass is 538 g/mol. The summed E-state index contributed by atoms with van der Waals surface area (Å²) < 4.78 is 16.3. The van der Waals surface area contributed by atoms with E-state index in [4.69, 9.17) is 19.9 Å². The van der Waals surface area contributed by atoms with Crippen molar-refractivity contribution in [3.8, 4) is 0 Å². The number of carbonyl (C=O) groups is 3. The van der Waals surface area contributed by atoms with E-state index in [0.29, 0.717) is 38.3 Å². The minimum absolute atomic E-state index is 0.118. The molecular formula is C29H38N4O6. The molecule has 2 aromatic carbocycles. The van der Waals surface area contributed by atoms with Gasteiger partial charge in [0.2, 0.25) is 0 Å². The molecule has 3 amide bonds. The van der Waals surface area contributed by atoms with Gasteiger partial charge in [0.15, 0.2) is 6.10 Å². The van der Waals surface area contributed by atoms with Gasteiger partial charge in [-0.15, -0.1) is 0 Å². The molecule has 210 valence electrons. The summed E-state index contributed by atoms with van der Waals surface area (Å²) in [4.78, 5) is 42.0. The molecule has 2 aliphatic rings. The molecule has 4 rings (SSSR count). The van der Waals surface area contributed by atoms with Crippen LogP contribution in [-0.4, -0.2) is 80.1 Å². The van der Waals surface area contributed by atoms with Crippen molar-refractivity contribution in [3.63, 3.8) is 0 Å². The largest absolute Gasteiger partial charge is 0.444 e. The first-order chi connectivity index (χ1) is 18.8. The van der Waals surface area contributed by atoms with Gasteiger partial charge in [0.25, 0.3) is 5.91 Å². The fraction of sp³-hybridized carbons (Fsp3) is 0.483. The van der Waals surface area contributed by atoms with Crippen LogP contribution in [0, 0.1) is 5.92 Å². The van der Waals surface area contributed by atoms with Gasteiger partial charge < -0.3 is 30.2 Å². The average molecular weight is 539 g/mol. The van der Waals surface area contributed by atoms with Crippen molar-refractivity contribution >= 4 is 23.8 Å². The van der Waals surface area contributed by atoms with Crippen LogP contribution in [0.15, 0.2) is 60.7 Å². The number of alkyl carbamates (subject to hydrolysis) is 1. The molecule has 0 radical (unpaired) electrons. The second-order valence-corrected chi connectivity index (χ2v) is 10.5.